The van der Waals surface area contributed by atoms with E-state index in [0.29, 0.717) is 12.1 Å². The van der Waals surface area contributed by atoms with E-state index in [4.69, 9.17) is 10.8 Å². The van der Waals surface area contributed by atoms with Crippen LogP contribution >= 0.6 is 0 Å². The molecule has 0 unspecified atom stereocenters. The van der Waals surface area contributed by atoms with Crippen molar-refractivity contribution in [3.8, 4) is 0 Å². The second-order valence-corrected chi connectivity index (χ2v) is 4.27. The molecule has 114 valence electrons. The normalized spacial score (nSPS) is 9.71. The number of nitrogens with one attached hydrogen (secondary N) is 3. The van der Waals surface area contributed by atoms with Crippen LogP contribution in [-0.2, 0) is 11.2 Å². The van der Waals surface area contributed by atoms with E-state index in [9.17, 15) is 14.4 Å². The lowest BCUT2D eigenvalue weighted by atomic mass is 10.1. The van der Waals surface area contributed by atoms with Crippen molar-refractivity contribution in [3.63, 3.8) is 0 Å². The zero-order valence-corrected chi connectivity index (χ0v) is 11.4. The molecule has 0 aliphatic carbocycles. The third-order valence-corrected chi connectivity index (χ3v) is 2.52. The molecule has 0 saturated carbocycles. The van der Waals surface area contributed by atoms with Gasteiger partial charge >= 0.3 is 18.0 Å². The first-order chi connectivity index (χ1) is 9.97. The van der Waals surface area contributed by atoms with Crippen molar-refractivity contribution in [2.75, 3.05) is 18.4 Å². The van der Waals surface area contributed by atoms with E-state index in [1.807, 2.05) is 0 Å². The maximum Gasteiger partial charge on any atom is 0.319 e. The van der Waals surface area contributed by atoms with Gasteiger partial charge in [0.25, 0.3) is 0 Å². The average Bonchev–Trinajstić information content (AvgIpc) is 2.41. The number of rotatable bonds is 7. The third-order valence-electron chi connectivity index (χ3n) is 2.52. The van der Waals surface area contributed by atoms with E-state index in [2.05, 4.69) is 16.0 Å². The summed E-state index contributed by atoms with van der Waals surface area (Å²) in [6, 6.07) is 5.87. The van der Waals surface area contributed by atoms with Gasteiger partial charge in [-0.15, -0.1) is 0 Å². The second kappa shape index (κ2) is 8.41. The summed E-state index contributed by atoms with van der Waals surface area (Å²) in [5.74, 6) is -0.868. The minimum absolute atomic E-state index is 0.0361. The number of carboxylic acid groups (broad SMARTS) is 1. The van der Waals surface area contributed by atoms with Crippen molar-refractivity contribution in [3.05, 3.63) is 29.8 Å². The smallest absolute Gasteiger partial charge is 0.319 e. The fraction of sp³-hybridized carbons (Fsp3) is 0.308. The minimum Gasteiger partial charge on any atom is -0.481 e. The standard InChI is InChI=1S/C13H18N4O4/c14-12(20)15-6-7-16-13(21)17-10-3-1-2-9(8-10)4-5-11(18)19/h1-3,8H,4-7H2,(H,18,19)(H3,14,15,20)(H2,16,17,21). The molecule has 8 heteroatoms. The molecular formula is C13H18N4O4. The van der Waals surface area contributed by atoms with Crippen molar-refractivity contribution >= 4 is 23.7 Å². The number of nitrogens with two attached hydrogens (primary N) is 1. The van der Waals surface area contributed by atoms with E-state index >= 15 is 0 Å². The zero-order chi connectivity index (χ0) is 15.7. The zero-order valence-electron chi connectivity index (χ0n) is 11.4. The highest BCUT2D eigenvalue weighted by Crippen LogP contribution is 2.12. The Morgan fingerprint density at radius 1 is 1.14 bits per heavy atom. The molecule has 1 aromatic rings. The SMILES string of the molecule is NC(=O)NCCNC(=O)Nc1cccc(CCC(=O)O)c1. The van der Waals surface area contributed by atoms with Crippen LogP contribution in [0.15, 0.2) is 24.3 Å². The molecule has 21 heavy (non-hydrogen) atoms. The highest BCUT2D eigenvalue weighted by Gasteiger charge is 2.03. The Kier molecular flexibility index (Phi) is 6.52. The summed E-state index contributed by atoms with van der Waals surface area (Å²) >= 11 is 0. The van der Waals surface area contributed by atoms with Crippen LogP contribution in [0.25, 0.3) is 0 Å². The van der Waals surface area contributed by atoms with Gasteiger partial charge in [0.05, 0.1) is 0 Å². The molecule has 0 radical (unpaired) electrons. The van der Waals surface area contributed by atoms with Crippen LogP contribution in [0.4, 0.5) is 15.3 Å². The first-order valence-electron chi connectivity index (χ1n) is 6.36. The molecule has 0 aliphatic rings. The molecule has 0 heterocycles. The lowest BCUT2D eigenvalue weighted by Gasteiger charge is -2.09. The highest BCUT2D eigenvalue weighted by atomic mass is 16.4. The summed E-state index contributed by atoms with van der Waals surface area (Å²) in [6.07, 6.45) is 0.434. The van der Waals surface area contributed by atoms with Crippen LogP contribution in [0.3, 0.4) is 0 Å². The topological polar surface area (TPSA) is 134 Å². The Bertz CT molecular complexity index is 519. The van der Waals surface area contributed by atoms with Crippen LogP contribution in [0.1, 0.15) is 12.0 Å². The van der Waals surface area contributed by atoms with Gasteiger partial charge in [0.15, 0.2) is 0 Å². The molecule has 0 saturated heterocycles. The molecule has 0 aromatic heterocycles. The molecule has 1 rings (SSSR count). The first kappa shape index (κ1) is 16.3. The first-order valence-corrected chi connectivity index (χ1v) is 6.36. The number of amides is 4. The largest absolute Gasteiger partial charge is 0.481 e. The van der Waals surface area contributed by atoms with Crippen molar-refractivity contribution in [2.24, 2.45) is 5.73 Å². The van der Waals surface area contributed by atoms with Crippen LogP contribution in [0, 0.1) is 0 Å². The predicted octanol–water partition coefficient (Wildman–Crippen LogP) is 0.494. The number of hydrogen-bond donors (Lipinski definition) is 5. The Balaban J connectivity index is 2.39. The monoisotopic (exact) mass is 294 g/mol. The summed E-state index contributed by atoms with van der Waals surface area (Å²) in [4.78, 5) is 32.5. The van der Waals surface area contributed by atoms with E-state index < -0.39 is 18.0 Å². The Morgan fingerprint density at radius 3 is 2.52 bits per heavy atom. The number of urea groups is 2. The number of benzene rings is 1. The summed E-state index contributed by atoms with van der Waals surface area (Å²) in [5.41, 5.74) is 6.27. The van der Waals surface area contributed by atoms with Crippen molar-refractivity contribution in [1.82, 2.24) is 10.6 Å². The van der Waals surface area contributed by atoms with Crippen LogP contribution in [-0.4, -0.2) is 36.2 Å². The molecule has 1 aromatic carbocycles. The third kappa shape index (κ3) is 7.41. The van der Waals surface area contributed by atoms with Gasteiger partial charge in [-0.1, -0.05) is 12.1 Å². The molecule has 0 aliphatic heterocycles. The van der Waals surface area contributed by atoms with Crippen LogP contribution < -0.4 is 21.7 Å². The number of carboxylic acids is 1. The molecular weight excluding hydrogens is 276 g/mol. The summed E-state index contributed by atoms with van der Waals surface area (Å²) < 4.78 is 0. The Morgan fingerprint density at radius 2 is 1.86 bits per heavy atom. The lowest BCUT2D eigenvalue weighted by molar-refractivity contribution is -0.136. The van der Waals surface area contributed by atoms with E-state index in [1.54, 1.807) is 24.3 Å². The number of carbonyl (C=O) groups is 3. The van der Waals surface area contributed by atoms with Crippen LogP contribution in [0.5, 0.6) is 0 Å². The number of anilines is 1. The fourth-order valence-corrected chi connectivity index (χ4v) is 1.59. The van der Waals surface area contributed by atoms with Crippen LogP contribution in [0.2, 0.25) is 0 Å². The molecule has 0 atom stereocenters. The van der Waals surface area contributed by atoms with Crippen molar-refractivity contribution in [2.45, 2.75) is 12.8 Å². The Labute approximate surface area is 121 Å². The second-order valence-electron chi connectivity index (χ2n) is 4.27. The number of carbonyl (C=O) groups excluding carboxylic acids is 2. The molecule has 0 fully saturated rings. The predicted molar refractivity (Wildman–Crippen MR) is 77.0 cm³/mol. The van der Waals surface area contributed by atoms with Crippen molar-refractivity contribution < 1.29 is 19.5 Å². The minimum atomic E-state index is -0.868. The van der Waals surface area contributed by atoms with E-state index in [0.717, 1.165) is 5.56 Å². The fourth-order valence-electron chi connectivity index (χ4n) is 1.59. The maximum absolute atomic E-state index is 11.6. The summed E-state index contributed by atoms with van der Waals surface area (Å²) in [7, 11) is 0. The molecule has 4 amide bonds. The van der Waals surface area contributed by atoms with Gasteiger partial charge in [-0.05, 0) is 24.1 Å². The van der Waals surface area contributed by atoms with Gasteiger partial charge in [-0.2, -0.15) is 0 Å². The van der Waals surface area contributed by atoms with E-state index in [-0.39, 0.29) is 19.5 Å². The molecule has 0 bridgehead atoms. The molecule has 6 N–H and O–H groups in total. The number of hydrogen-bond acceptors (Lipinski definition) is 3. The highest BCUT2D eigenvalue weighted by molar-refractivity contribution is 5.89. The quantitative estimate of drug-likeness (QED) is 0.468. The van der Waals surface area contributed by atoms with Gasteiger partial charge < -0.3 is 26.8 Å². The van der Waals surface area contributed by atoms with Gasteiger partial charge in [0.1, 0.15) is 0 Å². The maximum atomic E-state index is 11.6. The number of primary amides is 1. The van der Waals surface area contributed by atoms with Gasteiger partial charge in [-0.3, -0.25) is 4.79 Å². The number of aryl methyl sites for hydroxylation is 1. The van der Waals surface area contributed by atoms with Gasteiger partial charge in [0, 0.05) is 25.2 Å². The molecule has 8 nitrogen and oxygen atoms in total. The van der Waals surface area contributed by atoms with Gasteiger partial charge in [0.2, 0.25) is 0 Å². The van der Waals surface area contributed by atoms with E-state index in [1.165, 1.54) is 0 Å². The lowest BCUT2D eigenvalue weighted by Crippen LogP contribution is -2.38. The van der Waals surface area contributed by atoms with Gasteiger partial charge in [-0.25, -0.2) is 9.59 Å². The molecule has 0 spiro atoms. The summed E-state index contributed by atoms with van der Waals surface area (Å²) in [6.45, 7) is 0.481. The summed E-state index contributed by atoms with van der Waals surface area (Å²) in [5, 5.41) is 16.1. The number of aliphatic carboxylic acids is 1. The van der Waals surface area contributed by atoms with Crippen molar-refractivity contribution in [1.29, 1.82) is 0 Å². The average molecular weight is 294 g/mol. The Hall–Kier alpha value is -2.77.